The first-order valence-electron chi connectivity index (χ1n) is 6.47. The molecule has 1 fully saturated rings. The van der Waals surface area contributed by atoms with Crippen LogP contribution in [-0.2, 0) is 4.74 Å². The second-order valence-corrected chi connectivity index (χ2v) is 4.38. The van der Waals surface area contributed by atoms with Crippen molar-refractivity contribution in [2.75, 3.05) is 12.3 Å². The summed E-state index contributed by atoms with van der Waals surface area (Å²) in [5, 5.41) is 31.6. The minimum Gasteiger partial charge on any atom is -0.394 e. The molecule has 5 N–H and O–H groups in total. The van der Waals surface area contributed by atoms with Crippen molar-refractivity contribution in [2.45, 2.75) is 24.0 Å². The van der Waals surface area contributed by atoms with E-state index in [1.165, 1.54) is 0 Å². The molecule has 2 rings (SSSR count). The fourth-order valence-electron chi connectivity index (χ4n) is 1.91. The third-order valence-electron chi connectivity index (χ3n) is 2.95. The maximum atomic E-state index is 13.5. The highest BCUT2D eigenvalue weighted by Gasteiger charge is 2.56. The number of aliphatic hydroxyl groups excluding tert-OH is 1. The Morgan fingerprint density at radius 1 is 1.76 bits per heavy atom. The van der Waals surface area contributed by atoms with Crippen LogP contribution >= 0.6 is 11.6 Å². The number of aliphatic hydroxyl groups is 3. The third kappa shape index (κ3) is 2.48. The summed E-state index contributed by atoms with van der Waals surface area (Å²) in [4.78, 5) is 15.0. The van der Waals surface area contributed by atoms with Gasteiger partial charge in [0, 0.05) is 5.38 Å². The Balaban J connectivity index is 2.62. The van der Waals surface area contributed by atoms with E-state index in [-0.39, 0.29) is 0 Å². The number of rotatable bonds is 2. The molecule has 0 amide bonds. The molecule has 1 saturated heterocycles. The topological polar surface area (TPSA) is 131 Å². The fraction of sp³-hybridized carbons (Fsp3) is 0.455. The molecule has 8 nitrogen and oxygen atoms in total. The molecule has 0 aromatic carbocycles. The molecule has 1 aliphatic heterocycles. The number of hydrogen-bond acceptors (Lipinski definition) is 7. The van der Waals surface area contributed by atoms with E-state index >= 15 is 0 Å². The standard InChI is InChI=1S/C11H11ClFN3O5/c12-2-1-11(20)7(18)6(4-17)21-9(11)16-3-5(13)8(14)15-10(16)19/h3,6-7,9,17-18,20H,4H2,(H2,14,15,19)/t6-,7+,9-,11?/m1/s1/i4D2. The number of ether oxygens (including phenoxy) is 1. The summed E-state index contributed by atoms with van der Waals surface area (Å²) in [6.45, 7) is -3.10. The Hall–Kier alpha value is -1.70. The van der Waals surface area contributed by atoms with Gasteiger partial charge >= 0.3 is 5.69 Å². The lowest BCUT2D eigenvalue weighted by molar-refractivity contribution is -0.0768. The average molecular weight is 322 g/mol. The van der Waals surface area contributed by atoms with Crippen molar-refractivity contribution in [1.82, 2.24) is 9.55 Å². The molecule has 0 bridgehead atoms. The summed E-state index contributed by atoms with van der Waals surface area (Å²) >= 11 is 5.21. The van der Waals surface area contributed by atoms with Crippen LogP contribution in [0.1, 0.15) is 8.97 Å². The second kappa shape index (κ2) is 5.59. The molecule has 0 radical (unpaired) electrons. The number of nitrogens with two attached hydrogens (primary N) is 1. The average Bonchev–Trinajstić information content (AvgIpc) is 2.67. The van der Waals surface area contributed by atoms with Gasteiger partial charge in [-0.3, -0.25) is 4.57 Å². The minimum atomic E-state index is -3.10. The molecule has 1 aromatic rings. The Morgan fingerprint density at radius 3 is 3.00 bits per heavy atom. The SMILES string of the molecule is [2H]C([2H])(O)[C@H]1O[C@@H](n2cc(F)c(N)nc2=O)C(O)(C#CCl)[C@H]1O. The molecular weight excluding hydrogens is 309 g/mol. The highest BCUT2D eigenvalue weighted by atomic mass is 35.5. The van der Waals surface area contributed by atoms with Crippen molar-refractivity contribution in [3.63, 3.8) is 0 Å². The van der Waals surface area contributed by atoms with Crippen LogP contribution in [0.15, 0.2) is 11.0 Å². The predicted molar refractivity (Wildman–Crippen MR) is 68.4 cm³/mol. The van der Waals surface area contributed by atoms with E-state index < -0.39 is 47.9 Å². The van der Waals surface area contributed by atoms with Crippen LogP contribution in [0.2, 0.25) is 0 Å². The normalized spacial score (nSPS) is 33.9. The van der Waals surface area contributed by atoms with Gasteiger partial charge < -0.3 is 25.8 Å². The number of nitrogens with zero attached hydrogens (tertiary/aromatic N) is 2. The number of nitrogen functional groups attached to an aromatic ring is 1. The summed E-state index contributed by atoms with van der Waals surface area (Å²) in [5.74, 6) is 0.131. The third-order valence-corrected chi connectivity index (χ3v) is 3.05. The zero-order valence-electron chi connectivity index (χ0n) is 12.2. The van der Waals surface area contributed by atoms with Gasteiger partial charge in [0.05, 0.1) is 15.5 Å². The van der Waals surface area contributed by atoms with E-state index in [0.29, 0.717) is 10.8 Å². The maximum absolute atomic E-state index is 13.5. The number of hydrogen-bond donors (Lipinski definition) is 4. The summed E-state index contributed by atoms with van der Waals surface area (Å²) in [6, 6.07) is 0. The minimum absolute atomic E-state index is 0.419. The number of halogens is 2. The first-order chi connectivity index (χ1) is 10.5. The Morgan fingerprint density at radius 2 is 2.43 bits per heavy atom. The lowest BCUT2D eigenvalue weighted by Gasteiger charge is -2.26. The van der Waals surface area contributed by atoms with Crippen LogP contribution in [0, 0.1) is 17.1 Å². The van der Waals surface area contributed by atoms with Gasteiger partial charge in [-0.25, -0.2) is 9.18 Å². The highest BCUT2D eigenvalue weighted by molar-refractivity contribution is 6.30. The lowest BCUT2D eigenvalue weighted by Crippen LogP contribution is -2.47. The monoisotopic (exact) mass is 321 g/mol. The van der Waals surface area contributed by atoms with Gasteiger partial charge in [0.15, 0.2) is 17.9 Å². The first-order valence-corrected chi connectivity index (χ1v) is 5.85. The molecule has 10 heteroatoms. The quantitative estimate of drug-likeness (QED) is 0.470. The fourth-order valence-corrected chi connectivity index (χ4v) is 2.06. The van der Waals surface area contributed by atoms with E-state index in [4.69, 9.17) is 24.8 Å². The predicted octanol–water partition coefficient (Wildman–Crippen LogP) is -1.85. The second-order valence-electron chi connectivity index (χ2n) is 4.19. The Labute approximate surface area is 125 Å². The van der Waals surface area contributed by atoms with E-state index in [1.807, 2.05) is 5.92 Å². The van der Waals surface area contributed by atoms with Crippen molar-refractivity contribution in [2.24, 2.45) is 0 Å². The van der Waals surface area contributed by atoms with Crippen LogP contribution < -0.4 is 11.4 Å². The van der Waals surface area contributed by atoms with Crippen LogP contribution in [0.5, 0.6) is 0 Å². The van der Waals surface area contributed by atoms with Crippen LogP contribution in [-0.4, -0.2) is 49.2 Å². The van der Waals surface area contributed by atoms with Gasteiger partial charge in [-0.2, -0.15) is 4.98 Å². The molecule has 1 aromatic heterocycles. The Bertz CT molecular complexity index is 746. The largest absolute Gasteiger partial charge is 0.394 e. The molecule has 114 valence electrons. The summed E-state index contributed by atoms with van der Waals surface area (Å²) in [7, 11) is 0. The van der Waals surface area contributed by atoms with Crippen LogP contribution in [0.3, 0.4) is 0 Å². The van der Waals surface area contributed by atoms with Crippen LogP contribution in [0.4, 0.5) is 10.2 Å². The molecule has 4 atom stereocenters. The van der Waals surface area contributed by atoms with E-state index in [0.717, 1.165) is 0 Å². The summed E-state index contributed by atoms with van der Waals surface area (Å²) in [5.41, 5.74) is 1.37. The molecular formula is C11H11ClFN3O5. The van der Waals surface area contributed by atoms with Crippen molar-refractivity contribution in [3.8, 4) is 11.3 Å². The van der Waals surface area contributed by atoms with Gasteiger partial charge in [0.2, 0.25) is 5.60 Å². The number of anilines is 1. The van der Waals surface area contributed by atoms with E-state index in [1.54, 1.807) is 5.38 Å². The molecule has 2 heterocycles. The summed E-state index contributed by atoms with van der Waals surface area (Å²) in [6.07, 6.45) is -5.46. The van der Waals surface area contributed by atoms with Gasteiger partial charge in [0.25, 0.3) is 0 Å². The van der Waals surface area contributed by atoms with E-state index in [2.05, 4.69) is 4.98 Å². The zero-order chi connectivity index (χ0) is 17.6. The molecule has 0 aliphatic carbocycles. The van der Waals surface area contributed by atoms with Crippen molar-refractivity contribution >= 4 is 17.4 Å². The summed E-state index contributed by atoms with van der Waals surface area (Å²) < 4.78 is 33.4. The maximum Gasteiger partial charge on any atom is 0.351 e. The van der Waals surface area contributed by atoms with Crippen molar-refractivity contribution in [3.05, 3.63) is 22.5 Å². The van der Waals surface area contributed by atoms with Crippen molar-refractivity contribution < 1.29 is 27.2 Å². The van der Waals surface area contributed by atoms with Gasteiger partial charge in [0.1, 0.15) is 12.2 Å². The van der Waals surface area contributed by atoms with Gasteiger partial charge in [-0.15, -0.1) is 0 Å². The first kappa shape index (κ1) is 13.0. The van der Waals surface area contributed by atoms with Crippen LogP contribution in [0.25, 0.3) is 0 Å². The molecule has 0 saturated carbocycles. The molecule has 1 aliphatic rings. The van der Waals surface area contributed by atoms with Gasteiger partial charge in [-0.1, -0.05) is 0 Å². The highest BCUT2D eigenvalue weighted by Crippen LogP contribution is 2.37. The smallest absolute Gasteiger partial charge is 0.351 e. The molecule has 1 unspecified atom stereocenters. The Kier molecular flexibility index (Phi) is 3.46. The number of aromatic nitrogens is 2. The molecule has 0 spiro atoms. The van der Waals surface area contributed by atoms with E-state index in [9.17, 15) is 24.5 Å². The zero-order valence-corrected chi connectivity index (χ0v) is 11.0. The molecule has 21 heavy (non-hydrogen) atoms. The van der Waals surface area contributed by atoms with Crippen molar-refractivity contribution in [1.29, 1.82) is 0 Å². The lowest BCUT2D eigenvalue weighted by atomic mass is 9.95. The van der Waals surface area contributed by atoms with Gasteiger partial charge in [-0.05, 0) is 17.5 Å².